The highest BCUT2D eigenvalue weighted by molar-refractivity contribution is 9.10. The molecule has 0 aliphatic heterocycles. The van der Waals surface area contributed by atoms with Crippen LogP contribution in [0.4, 0.5) is 5.82 Å². The van der Waals surface area contributed by atoms with Gasteiger partial charge in [0.05, 0.1) is 10.7 Å². The second-order valence-corrected chi connectivity index (χ2v) is 3.83. The molecule has 0 radical (unpaired) electrons. The molecule has 0 atom stereocenters. The maximum absolute atomic E-state index is 10.9. The summed E-state index contributed by atoms with van der Waals surface area (Å²) < 4.78 is 0.643. The first-order valence-corrected chi connectivity index (χ1v) is 4.55. The summed E-state index contributed by atoms with van der Waals surface area (Å²) in [6, 6.07) is 0. The lowest BCUT2D eigenvalue weighted by atomic mass is 10.6. The fraction of sp³-hybridized carbons (Fsp3) is 0.200. The highest BCUT2D eigenvalue weighted by Crippen LogP contribution is 2.18. The fourth-order valence-corrected chi connectivity index (χ4v) is 0.936. The predicted octanol–water partition coefficient (Wildman–Crippen LogP) is 1.91. The monoisotopic (exact) mass is 271 g/mol. The van der Waals surface area contributed by atoms with Crippen LogP contribution in [0.5, 0.6) is 0 Å². The van der Waals surface area contributed by atoms with Crippen molar-refractivity contribution < 1.29 is 4.79 Å². The molecule has 1 aromatic rings. The molecule has 2 N–H and O–H groups in total. The van der Waals surface area contributed by atoms with Crippen LogP contribution in [0.1, 0.15) is 0 Å². The molecule has 12 heavy (non-hydrogen) atoms. The van der Waals surface area contributed by atoms with Gasteiger partial charge >= 0.3 is 0 Å². The van der Waals surface area contributed by atoms with E-state index in [2.05, 4.69) is 31.4 Å². The number of aromatic amines is 1. The number of hydrogen-bond acceptors (Lipinski definition) is 2. The van der Waals surface area contributed by atoms with Crippen LogP contribution in [0.2, 0.25) is 0 Å². The van der Waals surface area contributed by atoms with E-state index in [1.54, 1.807) is 0 Å². The number of anilines is 1. The molecular weight excluding hydrogens is 269 g/mol. The zero-order valence-electron chi connectivity index (χ0n) is 5.64. The van der Waals surface area contributed by atoms with Crippen molar-refractivity contribution in [1.29, 1.82) is 0 Å². The van der Waals surface area contributed by atoms with Crippen molar-refractivity contribution in [2.75, 3.05) is 5.32 Å². The van der Waals surface area contributed by atoms with Crippen LogP contribution in [-0.4, -0.2) is 20.9 Å². The lowest BCUT2D eigenvalue weighted by molar-refractivity contribution is -0.114. The predicted molar refractivity (Wildman–Crippen MR) is 50.4 cm³/mol. The summed E-state index contributed by atoms with van der Waals surface area (Å²) in [7, 11) is 0. The normalized spacial score (nSPS) is 10.3. The van der Waals surface area contributed by atoms with Crippen molar-refractivity contribution >= 4 is 50.9 Å². The number of carbonyl (C=O) groups excluding carboxylic acids is 1. The number of carbonyl (C=O) groups is 1. The van der Waals surface area contributed by atoms with Crippen LogP contribution in [-0.2, 0) is 4.79 Å². The molecule has 1 heterocycles. The molecule has 0 saturated heterocycles. The number of nitrogens with one attached hydrogen (secondary N) is 2. The minimum atomic E-state index is -1.08. The van der Waals surface area contributed by atoms with Gasteiger partial charge in [0.25, 0.3) is 5.91 Å². The van der Waals surface area contributed by atoms with Gasteiger partial charge in [0.15, 0.2) is 4.84 Å². The topological polar surface area (TPSA) is 57.8 Å². The first kappa shape index (κ1) is 9.83. The van der Waals surface area contributed by atoms with Gasteiger partial charge in [0, 0.05) is 0 Å². The Kier molecular flexibility index (Phi) is 3.37. The number of alkyl halides is 2. The number of nitrogens with zero attached hydrogens (tertiary/aromatic N) is 1. The van der Waals surface area contributed by atoms with Gasteiger partial charge < -0.3 is 5.32 Å². The first-order valence-electron chi connectivity index (χ1n) is 2.89. The van der Waals surface area contributed by atoms with Crippen LogP contribution in [0.15, 0.2) is 10.7 Å². The molecule has 0 spiro atoms. The molecule has 1 aromatic heterocycles. The molecule has 7 heteroatoms. The molecule has 0 saturated carbocycles. The third-order valence-corrected chi connectivity index (χ3v) is 2.04. The van der Waals surface area contributed by atoms with Crippen LogP contribution in [0.3, 0.4) is 0 Å². The average molecular weight is 273 g/mol. The second-order valence-electron chi connectivity index (χ2n) is 1.88. The van der Waals surface area contributed by atoms with Gasteiger partial charge in [-0.3, -0.25) is 9.89 Å². The number of halogens is 3. The molecule has 0 fully saturated rings. The van der Waals surface area contributed by atoms with Crippen molar-refractivity contribution in [1.82, 2.24) is 10.2 Å². The average Bonchev–Trinajstić information content (AvgIpc) is 2.36. The second kappa shape index (κ2) is 4.11. The smallest absolute Gasteiger partial charge is 0.258 e. The number of hydrogen-bond donors (Lipinski definition) is 2. The summed E-state index contributed by atoms with van der Waals surface area (Å²) >= 11 is 13.8. The number of aromatic nitrogens is 2. The Hall–Kier alpha value is -0.260. The molecule has 0 aliphatic rings. The molecule has 0 aromatic carbocycles. The van der Waals surface area contributed by atoms with Gasteiger partial charge in [-0.25, -0.2) is 0 Å². The van der Waals surface area contributed by atoms with Crippen LogP contribution in [0, 0.1) is 0 Å². The Labute approximate surface area is 86.7 Å². The standard InChI is InChI=1S/C5H4BrCl2N3O/c6-2-1-9-11-4(2)10-5(12)3(7)8/h1,3H,(H2,9,10,11,12). The maximum Gasteiger partial charge on any atom is 0.258 e. The lowest BCUT2D eigenvalue weighted by Gasteiger charge is -2.01. The summed E-state index contributed by atoms with van der Waals surface area (Å²) in [6.45, 7) is 0. The van der Waals surface area contributed by atoms with Gasteiger partial charge in [0.1, 0.15) is 5.82 Å². The molecule has 66 valence electrons. The van der Waals surface area contributed by atoms with Crippen molar-refractivity contribution in [2.24, 2.45) is 0 Å². The summed E-state index contributed by atoms with van der Waals surface area (Å²) in [4.78, 5) is 9.84. The van der Waals surface area contributed by atoms with E-state index in [9.17, 15) is 4.79 Å². The van der Waals surface area contributed by atoms with Crippen molar-refractivity contribution in [3.63, 3.8) is 0 Å². The van der Waals surface area contributed by atoms with Crippen LogP contribution in [0.25, 0.3) is 0 Å². The molecule has 1 amide bonds. The van der Waals surface area contributed by atoms with E-state index in [4.69, 9.17) is 23.2 Å². The third kappa shape index (κ3) is 2.36. The molecule has 0 aliphatic carbocycles. The quantitative estimate of drug-likeness (QED) is 0.808. The van der Waals surface area contributed by atoms with Gasteiger partial charge in [-0.05, 0) is 15.9 Å². The Morgan fingerprint density at radius 1 is 1.75 bits per heavy atom. The van der Waals surface area contributed by atoms with E-state index in [0.29, 0.717) is 10.3 Å². The van der Waals surface area contributed by atoms with Crippen LogP contribution >= 0.6 is 39.1 Å². The largest absolute Gasteiger partial charge is 0.308 e. The summed E-state index contributed by atoms with van der Waals surface area (Å²) in [6.07, 6.45) is 1.51. The van der Waals surface area contributed by atoms with Gasteiger partial charge in [-0.1, -0.05) is 23.2 Å². The van der Waals surface area contributed by atoms with Crippen molar-refractivity contribution in [2.45, 2.75) is 4.84 Å². The highest BCUT2D eigenvalue weighted by atomic mass is 79.9. The van der Waals surface area contributed by atoms with E-state index in [1.807, 2.05) is 0 Å². The highest BCUT2D eigenvalue weighted by Gasteiger charge is 2.13. The van der Waals surface area contributed by atoms with Crippen molar-refractivity contribution in [3.8, 4) is 0 Å². The summed E-state index contributed by atoms with van der Waals surface area (Å²) in [5.41, 5.74) is 0. The molecule has 4 nitrogen and oxygen atoms in total. The van der Waals surface area contributed by atoms with Crippen LogP contribution < -0.4 is 5.32 Å². The first-order chi connectivity index (χ1) is 5.61. The van der Waals surface area contributed by atoms with E-state index in [-0.39, 0.29) is 0 Å². The Bertz CT molecular complexity index is 288. The molecule has 1 rings (SSSR count). The molecule has 0 unspecified atom stereocenters. The minimum Gasteiger partial charge on any atom is -0.308 e. The molecule has 0 bridgehead atoms. The summed E-state index contributed by atoms with van der Waals surface area (Å²) in [5, 5.41) is 8.63. The van der Waals surface area contributed by atoms with Crippen molar-refractivity contribution in [3.05, 3.63) is 10.7 Å². The van der Waals surface area contributed by atoms with E-state index in [1.165, 1.54) is 6.20 Å². The third-order valence-electron chi connectivity index (χ3n) is 1.04. The zero-order valence-corrected chi connectivity index (χ0v) is 8.74. The van der Waals surface area contributed by atoms with E-state index < -0.39 is 10.7 Å². The Balaban J connectivity index is 2.64. The Morgan fingerprint density at radius 3 is 2.83 bits per heavy atom. The number of amides is 1. The van der Waals surface area contributed by atoms with Gasteiger partial charge in [-0.15, -0.1) is 0 Å². The summed E-state index contributed by atoms with van der Waals surface area (Å²) in [5.74, 6) is -0.0606. The fourth-order valence-electron chi connectivity index (χ4n) is 0.537. The zero-order chi connectivity index (χ0) is 9.14. The van der Waals surface area contributed by atoms with Gasteiger partial charge in [0.2, 0.25) is 0 Å². The number of H-pyrrole nitrogens is 1. The maximum atomic E-state index is 10.9. The molecular formula is C5H4BrCl2N3O. The Morgan fingerprint density at radius 2 is 2.42 bits per heavy atom. The van der Waals surface area contributed by atoms with E-state index in [0.717, 1.165) is 0 Å². The van der Waals surface area contributed by atoms with Gasteiger partial charge in [-0.2, -0.15) is 5.10 Å². The van der Waals surface area contributed by atoms with E-state index >= 15 is 0 Å². The SMILES string of the molecule is O=C(Nc1[nH]ncc1Br)C(Cl)Cl. The number of rotatable bonds is 2. The minimum absolute atomic E-state index is 0.436. The lowest BCUT2D eigenvalue weighted by Crippen LogP contribution is -2.18.